The van der Waals surface area contributed by atoms with Gasteiger partial charge in [-0.3, -0.25) is 0 Å². The van der Waals surface area contributed by atoms with Gasteiger partial charge in [0.25, 0.3) is 0 Å². The summed E-state index contributed by atoms with van der Waals surface area (Å²) in [4.78, 5) is 23.0. The molecular weight excluding hydrogens is 234 g/mol. The Kier molecular flexibility index (Phi) is 3.73. The monoisotopic (exact) mass is 245 g/mol. The van der Waals surface area contributed by atoms with Crippen LogP contribution >= 0.6 is 11.3 Å². The zero-order chi connectivity index (χ0) is 12.3. The van der Waals surface area contributed by atoms with Crippen LogP contribution in [0.4, 0.5) is 5.69 Å². The lowest BCUT2D eigenvalue weighted by atomic mass is 10.3. The van der Waals surface area contributed by atoms with Crippen LogP contribution in [0.2, 0.25) is 0 Å². The first kappa shape index (κ1) is 12.3. The number of nitrogen functional groups attached to an aromatic ring is 1. The molecule has 0 aliphatic rings. The van der Waals surface area contributed by atoms with E-state index in [-0.39, 0.29) is 21.2 Å². The average Bonchev–Trinajstić information content (AvgIpc) is 2.64. The van der Waals surface area contributed by atoms with E-state index in [1.54, 1.807) is 0 Å². The van der Waals surface area contributed by atoms with E-state index in [0.29, 0.717) is 0 Å². The number of esters is 2. The van der Waals surface area contributed by atoms with Gasteiger partial charge in [-0.25, -0.2) is 9.59 Å². The minimum Gasteiger partial charge on any atom is -0.493 e. The van der Waals surface area contributed by atoms with Crippen LogP contribution in [0.25, 0.3) is 0 Å². The van der Waals surface area contributed by atoms with E-state index in [9.17, 15) is 9.59 Å². The lowest BCUT2D eigenvalue weighted by molar-refractivity contribution is 0.0597. The molecule has 1 heterocycles. The Labute approximate surface area is 95.9 Å². The summed E-state index contributed by atoms with van der Waals surface area (Å²) < 4.78 is 14.0. The number of methoxy groups -OCH3 is 3. The minimum atomic E-state index is -0.615. The molecule has 7 heteroatoms. The predicted octanol–water partition coefficient (Wildman–Crippen LogP) is 0.912. The summed E-state index contributed by atoms with van der Waals surface area (Å²) in [6.07, 6.45) is 0. The molecule has 0 fully saturated rings. The number of carbonyl (C=O) groups is 2. The molecule has 1 aromatic heterocycles. The Morgan fingerprint density at radius 1 is 1.06 bits per heavy atom. The highest BCUT2D eigenvalue weighted by atomic mass is 32.1. The largest absolute Gasteiger partial charge is 0.493 e. The van der Waals surface area contributed by atoms with E-state index in [2.05, 4.69) is 9.47 Å². The van der Waals surface area contributed by atoms with Crippen molar-refractivity contribution in [3.05, 3.63) is 9.75 Å². The second-order valence-corrected chi connectivity index (χ2v) is 3.71. The topological polar surface area (TPSA) is 87.9 Å². The highest BCUT2D eigenvalue weighted by Crippen LogP contribution is 2.38. The van der Waals surface area contributed by atoms with E-state index < -0.39 is 11.9 Å². The fourth-order valence-corrected chi connectivity index (χ4v) is 2.13. The van der Waals surface area contributed by atoms with Crippen molar-refractivity contribution in [2.75, 3.05) is 27.1 Å². The van der Waals surface area contributed by atoms with Crippen LogP contribution in [-0.2, 0) is 9.47 Å². The average molecular weight is 245 g/mol. The van der Waals surface area contributed by atoms with Crippen LogP contribution < -0.4 is 10.5 Å². The fraction of sp³-hybridized carbons (Fsp3) is 0.333. The summed E-state index contributed by atoms with van der Waals surface area (Å²) >= 11 is 0.877. The van der Waals surface area contributed by atoms with Crippen LogP contribution in [0.5, 0.6) is 5.75 Å². The van der Waals surface area contributed by atoms with Crippen molar-refractivity contribution < 1.29 is 23.8 Å². The lowest BCUT2D eigenvalue weighted by Gasteiger charge is -2.01. The van der Waals surface area contributed by atoms with Gasteiger partial charge in [0.05, 0.1) is 21.3 Å². The summed E-state index contributed by atoms with van der Waals surface area (Å²) in [5, 5.41) is 0. The molecule has 16 heavy (non-hydrogen) atoms. The number of anilines is 1. The molecule has 0 amide bonds. The zero-order valence-corrected chi connectivity index (χ0v) is 9.84. The summed E-state index contributed by atoms with van der Waals surface area (Å²) in [5.74, 6) is -1.09. The van der Waals surface area contributed by atoms with Gasteiger partial charge in [0.2, 0.25) is 0 Å². The highest BCUT2D eigenvalue weighted by molar-refractivity contribution is 7.16. The van der Waals surface area contributed by atoms with E-state index in [1.165, 1.54) is 21.3 Å². The Hall–Kier alpha value is -1.76. The molecule has 1 aromatic rings. The van der Waals surface area contributed by atoms with Crippen molar-refractivity contribution in [3.63, 3.8) is 0 Å². The molecule has 0 bridgehead atoms. The van der Waals surface area contributed by atoms with Crippen molar-refractivity contribution in [3.8, 4) is 5.75 Å². The van der Waals surface area contributed by atoms with Gasteiger partial charge >= 0.3 is 11.9 Å². The molecule has 0 unspecified atom stereocenters. The van der Waals surface area contributed by atoms with E-state index >= 15 is 0 Å². The molecule has 0 aliphatic heterocycles. The van der Waals surface area contributed by atoms with Gasteiger partial charge in [0.15, 0.2) is 10.6 Å². The molecule has 6 nitrogen and oxygen atoms in total. The second-order valence-electron chi connectivity index (χ2n) is 2.69. The van der Waals surface area contributed by atoms with Crippen LogP contribution in [0, 0.1) is 0 Å². The quantitative estimate of drug-likeness (QED) is 0.796. The molecule has 1 rings (SSSR count). The minimum absolute atomic E-state index is 0.0831. The number of rotatable bonds is 3. The molecular formula is C9H11NO5S. The van der Waals surface area contributed by atoms with Gasteiger partial charge in [-0.15, -0.1) is 11.3 Å². The Bertz CT molecular complexity index is 426. The Morgan fingerprint density at radius 2 is 1.56 bits per heavy atom. The van der Waals surface area contributed by atoms with Crippen LogP contribution in [0.3, 0.4) is 0 Å². The second kappa shape index (κ2) is 4.84. The van der Waals surface area contributed by atoms with E-state index in [0.717, 1.165) is 11.3 Å². The van der Waals surface area contributed by atoms with Crippen LogP contribution in [0.15, 0.2) is 0 Å². The van der Waals surface area contributed by atoms with Gasteiger partial charge in [-0.2, -0.15) is 0 Å². The maximum Gasteiger partial charge on any atom is 0.352 e. The first-order valence-corrected chi connectivity index (χ1v) is 5.01. The molecule has 88 valence electrons. The number of hydrogen-bond acceptors (Lipinski definition) is 7. The Balaban J connectivity index is 3.30. The van der Waals surface area contributed by atoms with E-state index in [1.807, 2.05) is 0 Å². The smallest absolute Gasteiger partial charge is 0.352 e. The van der Waals surface area contributed by atoms with Crippen molar-refractivity contribution in [1.82, 2.24) is 0 Å². The van der Waals surface area contributed by atoms with E-state index in [4.69, 9.17) is 10.5 Å². The molecule has 0 atom stereocenters. The van der Waals surface area contributed by atoms with Gasteiger partial charge in [0, 0.05) is 0 Å². The maximum atomic E-state index is 11.4. The third-order valence-electron chi connectivity index (χ3n) is 1.85. The summed E-state index contributed by atoms with van der Waals surface area (Å²) in [6, 6.07) is 0. The summed E-state index contributed by atoms with van der Waals surface area (Å²) in [7, 11) is 3.81. The highest BCUT2D eigenvalue weighted by Gasteiger charge is 2.26. The molecule has 0 radical (unpaired) electrons. The van der Waals surface area contributed by atoms with Crippen molar-refractivity contribution in [2.24, 2.45) is 0 Å². The number of thiophene rings is 1. The number of carbonyl (C=O) groups excluding carboxylic acids is 2. The van der Waals surface area contributed by atoms with Gasteiger partial charge in [-0.1, -0.05) is 0 Å². The SMILES string of the molecule is COC(=O)c1sc(C(=O)OC)c(OC)c1N. The molecule has 0 saturated carbocycles. The molecule has 0 aromatic carbocycles. The Morgan fingerprint density at radius 3 is 2.00 bits per heavy atom. The van der Waals surface area contributed by atoms with Crippen molar-refractivity contribution in [2.45, 2.75) is 0 Å². The third-order valence-corrected chi connectivity index (χ3v) is 2.99. The number of hydrogen-bond donors (Lipinski definition) is 1. The molecule has 0 spiro atoms. The number of nitrogens with two attached hydrogens (primary N) is 1. The normalized spacial score (nSPS) is 9.69. The van der Waals surface area contributed by atoms with Gasteiger partial charge < -0.3 is 19.9 Å². The number of ether oxygens (including phenoxy) is 3. The van der Waals surface area contributed by atoms with Gasteiger partial charge in [-0.05, 0) is 0 Å². The third kappa shape index (κ3) is 1.94. The predicted molar refractivity (Wildman–Crippen MR) is 58.0 cm³/mol. The maximum absolute atomic E-state index is 11.4. The zero-order valence-electron chi connectivity index (χ0n) is 9.03. The lowest BCUT2D eigenvalue weighted by Crippen LogP contribution is -2.02. The van der Waals surface area contributed by atoms with Crippen LogP contribution in [-0.4, -0.2) is 33.3 Å². The van der Waals surface area contributed by atoms with Crippen LogP contribution in [0.1, 0.15) is 19.3 Å². The van der Waals surface area contributed by atoms with Crippen molar-refractivity contribution in [1.29, 1.82) is 0 Å². The summed E-state index contributed by atoms with van der Waals surface area (Å²) in [5.41, 5.74) is 5.74. The standard InChI is InChI=1S/C9H11NO5S/c1-13-5-4(10)6(8(11)14-2)16-7(5)9(12)15-3/h10H2,1-3H3. The first-order chi connectivity index (χ1) is 7.56. The summed E-state index contributed by atoms with van der Waals surface area (Å²) in [6.45, 7) is 0. The molecule has 0 aliphatic carbocycles. The molecule has 2 N–H and O–H groups in total. The first-order valence-electron chi connectivity index (χ1n) is 4.19. The van der Waals surface area contributed by atoms with Crippen molar-refractivity contribution >= 4 is 29.0 Å². The molecule has 0 saturated heterocycles. The van der Waals surface area contributed by atoms with Gasteiger partial charge in [0.1, 0.15) is 10.6 Å². The fourth-order valence-electron chi connectivity index (χ4n) is 1.10.